The van der Waals surface area contributed by atoms with E-state index in [2.05, 4.69) is 10.3 Å². The van der Waals surface area contributed by atoms with Crippen molar-refractivity contribution in [1.82, 2.24) is 14.9 Å². The number of imidazole rings is 1. The van der Waals surface area contributed by atoms with Crippen molar-refractivity contribution in [2.45, 2.75) is 19.0 Å². The summed E-state index contributed by atoms with van der Waals surface area (Å²) in [7, 11) is 0. The van der Waals surface area contributed by atoms with Crippen molar-refractivity contribution in [3.05, 3.63) is 90.0 Å². The Morgan fingerprint density at radius 3 is 2.68 bits per heavy atom. The standard InChI is InChI=1S/C19H17F2N3O/c20-16-6-7-17(21)15(10-16)11-19(25)23-18(12-24-9-8-22-13-24)14-4-2-1-3-5-14/h1-10,13,18H,11-12H2,(H,23,25)/t18-/m1/s1. The quantitative estimate of drug-likeness (QED) is 0.748. The van der Waals surface area contributed by atoms with Crippen molar-refractivity contribution in [1.29, 1.82) is 0 Å². The van der Waals surface area contributed by atoms with Crippen LogP contribution < -0.4 is 5.32 Å². The van der Waals surface area contributed by atoms with E-state index < -0.39 is 11.6 Å². The molecule has 0 saturated carbocycles. The second-order valence-electron chi connectivity index (χ2n) is 5.70. The molecule has 6 heteroatoms. The summed E-state index contributed by atoms with van der Waals surface area (Å²) >= 11 is 0. The Bertz CT molecular complexity index is 835. The van der Waals surface area contributed by atoms with Gasteiger partial charge in [0.05, 0.1) is 18.8 Å². The molecule has 0 aliphatic rings. The molecule has 1 amide bonds. The first-order valence-electron chi connectivity index (χ1n) is 7.86. The highest BCUT2D eigenvalue weighted by Crippen LogP contribution is 2.16. The normalized spacial score (nSPS) is 11.9. The van der Waals surface area contributed by atoms with Crippen LogP contribution in [0.4, 0.5) is 8.78 Å². The number of carbonyl (C=O) groups excluding carboxylic acids is 1. The molecule has 3 rings (SSSR count). The zero-order valence-corrected chi connectivity index (χ0v) is 13.4. The van der Waals surface area contributed by atoms with E-state index in [4.69, 9.17) is 0 Å². The Balaban J connectivity index is 1.75. The third kappa shape index (κ3) is 4.50. The van der Waals surface area contributed by atoms with Crippen molar-refractivity contribution < 1.29 is 13.6 Å². The van der Waals surface area contributed by atoms with E-state index in [1.165, 1.54) is 0 Å². The van der Waals surface area contributed by atoms with E-state index >= 15 is 0 Å². The van der Waals surface area contributed by atoms with Crippen LogP contribution in [0.2, 0.25) is 0 Å². The molecule has 0 bridgehead atoms. The van der Waals surface area contributed by atoms with E-state index in [-0.39, 0.29) is 23.9 Å². The maximum Gasteiger partial charge on any atom is 0.225 e. The molecule has 1 heterocycles. The molecule has 0 aliphatic heterocycles. The summed E-state index contributed by atoms with van der Waals surface area (Å²) in [6, 6.07) is 12.3. The fourth-order valence-corrected chi connectivity index (χ4v) is 2.62. The van der Waals surface area contributed by atoms with Crippen LogP contribution in [-0.4, -0.2) is 15.5 Å². The van der Waals surface area contributed by atoms with E-state index in [1.807, 2.05) is 34.9 Å². The van der Waals surface area contributed by atoms with Crippen molar-refractivity contribution in [2.75, 3.05) is 0 Å². The van der Waals surface area contributed by atoms with Gasteiger partial charge < -0.3 is 9.88 Å². The van der Waals surface area contributed by atoms with Crippen LogP contribution in [0, 0.1) is 11.6 Å². The molecular weight excluding hydrogens is 324 g/mol. The number of hydrogen-bond donors (Lipinski definition) is 1. The number of nitrogens with zero attached hydrogens (tertiary/aromatic N) is 2. The summed E-state index contributed by atoms with van der Waals surface area (Å²) in [6.45, 7) is 0.487. The molecule has 3 aromatic rings. The molecule has 0 spiro atoms. The van der Waals surface area contributed by atoms with Crippen molar-refractivity contribution >= 4 is 5.91 Å². The van der Waals surface area contributed by atoms with Crippen LogP contribution in [-0.2, 0) is 17.8 Å². The molecule has 25 heavy (non-hydrogen) atoms. The Hall–Kier alpha value is -3.02. The summed E-state index contributed by atoms with van der Waals surface area (Å²) in [5.41, 5.74) is 0.955. The second-order valence-corrected chi connectivity index (χ2v) is 5.70. The van der Waals surface area contributed by atoms with Crippen molar-refractivity contribution in [3.63, 3.8) is 0 Å². The van der Waals surface area contributed by atoms with E-state index in [9.17, 15) is 13.6 Å². The predicted octanol–water partition coefficient (Wildman–Crippen LogP) is 3.26. The summed E-state index contributed by atoms with van der Waals surface area (Å²) in [6.07, 6.45) is 4.89. The summed E-state index contributed by atoms with van der Waals surface area (Å²) in [5, 5.41) is 2.89. The van der Waals surface area contributed by atoms with Crippen LogP contribution in [0.25, 0.3) is 0 Å². The lowest BCUT2D eigenvalue weighted by molar-refractivity contribution is -0.121. The minimum absolute atomic E-state index is 0.0342. The lowest BCUT2D eigenvalue weighted by atomic mass is 10.1. The zero-order valence-electron chi connectivity index (χ0n) is 13.4. The van der Waals surface area contributed by atoms with Crippen LogP contribution in [0.15, 0.2) is 67.3 Å². The molecule has 1 aromatic heterocycles. The first kappa shape index (κ1) is 16.8. The lowest BCUT2D eigenvalue weighted by Gasteiger charge is -2.20. The highest BCUT2D eigenvalue weighted by molar-refractivity contribution is 5.79. The number of halogens is 2. The minimum atomic E-state index is -0.595. The maximum absolute atomic E-state index is 13.7. The summed E-state index contributed by atoms with van der Waals surface area (Å²) < 4.78 is 28.9. The number of benzene rings is 2. The Morgan fingerprint density at radius 2 is 1.96 bits per heavy atom. The van der Waals surface area contributed by atoms with Gasteiger partial charge in [-0.2, -0.15) is 0 Å². The topological polar surface area (TPSA) is 46.9 Å². The van der Waals surface area contributed by atoms with Gasteiger partial charge in [0.2, 0.25) is 5.91 Å². The van der Waals surface area contributed by atoms with Gasteiger partial charge in [0.25, 0.3) is 0 Å². The SMILES string of the molecule is O=C(Cc1cc(F)ccc1F)N[C@H](Cn1ccnc1)c1ccccc1. The van der Waals surface area contributed by atoms with Crippen LogP contribution in [0.5, 0.6) is 0 Å². The minimum Gasteiger partial charge on any atom is -0.347 e. The molecule has 0 unspecified atom stereocenters. The van der Waals surface area contributed by atoms with Gasteiger partial charge in [0.15, 0.2) is 0 Å². The van der Waals surface area contributed by atoms with E-state index in [1.54, 1.807) is 18.7 Å². The molecular formula is C19H17F2N3O. The molecule has 2 aromatic carbocycles. The van der Waals surface area contributed by atoms with Gasteiger partial charge in [-0.3, -0.25) is 4.79 Å². The number of rotatable bonds is 6. The molecule has 0 aliphatic carbocycles. The smallest absolute Gasteiger partial charge is 0.225 e. The van der Waals surface area contributed by atoms with Gasteiger partial charge in [-0.25, -0.2) is 13.8 Å². The average molecular weight is 341 g/mol. The van der Waals surface area contributed by atoms with E-state index in [0.29, 0.717) is 6.54 Å². The average Bonchev–Trinajstić information content (AvgIpc) is 3.11. The zero-order chi connectivity index (χ0) is 17.6. The molecule has 0 saturated heterocycles. The van der Waals surface area contributed by atoms with Gasteiger partial charge >= 0.3 is 0 Å². The van der Waals surface area contributed by atoms with Gasteiger partial charge in [-0.1, -0.05) is 30.3 Å². The Labute approximate surface area is 144 Å². The van der Waals surface area contributed by atoms with Crippen LogP contribution >= 0.6 is 0 Å². The van der Waals surface area contributed by atoms with Gasteiger partial charge in [0, 0.05) is 24.5 Å². The first-order valence-corrected chi connectivity index (χ1v) is 7.86. The van der Waals surface area contributed by atoms with Gasteiger partial charge in [-0.15, -0.1) is 0 Å². The number of aromatic nitrogens is 2. The van der Waals surface area contributed by atoms with Crippen LogP contribution in [0.1, 0.15) is 17.2 Å². The molecule has 0 fully saturated rings. The fraction of sp³-hybridized carbons (Fsp3) is 0.158. The number of amides is 1. The Morgan fingerprint density at radius 1 is 1.16 bits per heavy atom. The van der Waals surface area contributed by atoms with Gasteiger partial charge in [-0.05, 0) is 23.8 Å². The maximum atomic E-state index is 13.7. The highest BCUT2D eigenvalue weighted by Gasteiger charge is 2.17. The number of carbonyl (C=O) groups is 1. The van der Waals surface area contributed by atoms with Crippen molar-refractivity contribution in [3.8, 4) is 0 Å². The monoisotopic (exact) mass is 341 g/mol. The van der Waals surface area contributed by atoms with Crippen molar-refractivity contribution in [2.24, 2.45) is 0 Å². The highest BCUT2D eigenvalue weighted by atomic mass is 19.1. The third-order valence-electron chi connectivity index (χ3n) is 3.85. The van der Waals surface area contributed by atoms with Crippen LogP contribution in [0.3, 0.4) is 0 Å². The second kappa shape index (κ2) is 7.70. The summed E-state index contributed by atoms with van der Waals surface area (Å²) in [5.74, 6) is -1.54. The van der Waals surface area contributed by atoms with E-state index in [0.717, 1.165) is 23.8 Å². The predicted molar refractivity (Wildman–Crippen MR) is 89.6 cm³/mol. The summed E-state index contributed by atoms with van der Waals surface area (Å²) in [4.78, 5) is 16.4. The fourth-order valence-electron chi connectivity index (χ4n) is 2.62. The number of nitrogens with one attached hydrogen (secondary N) is 1. The first-order chi connectivity index (χ1) is 12.1. The molecule has 1 N–H and O–H groups in total. The molecule has 0 radical (unpaired) electrons. The third-order valence-corrected chi connectivity index (χ3v) is 3.85. The largest absolute Gasteiger partial charge is 0.347 e. The molecule has 1 atom stereocenters. The molecule has 128 valence electrons. The lowest BCUT2D eigenvalue weighted by Crippen LogP contribution is -2.32. The molecule has 4 nitrogen and oxygen atoms in total. The number of hydrogen-bond acceptors (Lipinski definition) is 2. The Kier molecular flexibility index (Phi) is 5.18. The van der Waals surface area contributed by atoms with Gasteiger partial charge in [0.1, 0.15) is 11.6 Å².